The molecule has 3 heterocycles. The Morgan fingerprint density at radius 3 is 2.69 bits per heavy atom. The number of para-hydroxylation sites is 1. The summed E-state index contributed by atoms with van der Waals surface area (Å²) in [4.78, 5) is 44.1. The molecule has 0 spiro atoms. The summed E-state index contributed by atoms with van der Waals surface area (Å²) in [6.07, 6.45) is 7.14. The molecule has 6 rings (SSSR count). The first-order valence-corrected chi connectivity index (χ1v) is 16.6. The molecule has 2 fully saturated rings. The Morgan fingerprint density at radius 2 is 1.93 bits per heavy atom. The van der Waals surface area contributed by atoms with Gasteiger partial charge in [-0.25, -0.2) is 0 Å². The highest BCUT2D eigenvalue weighted by atomic mass is 32.2. The van der Waals surface area contributed by atoms with Gasteiger partial charge in [-0.2, -0.15) is 0 Å². The lowest BCUT2D eigenvalue weighted by Gasteiger charge is -2.27. The van der Waals surface area contributed by atoms with Crippen molar-refractivity contribution in [2.75, 3.05) is 18.1 Å². The normalized spacial score (nSPS) is 21.3. The van der Waals surface area contributed by atoms with Crippen LogP contribution in [0.4, 0.5) is 11.4 Å². The van der Waals surface area contributed by atoms with E-state index in [2.05, 4.69) is 54.3 Å². The van der Waals surface area contributed by atoms with Crippen LogP contribution in [0.15, 0.2) is 53.3 Å². The molecule has 7 nitrogen and oxygen atoms in total. The number of carbonyl (C=O) groups excluding carboxylic acids is 2. The van der Waals surface area contributed by atoms with Gasteiger partial charge in [0.05, 0.1) is 11.1 Å². The van der Waals surface area contributed by atoms with Gasteiger partial charge < -0.3 is 9.64 Å². The van der Waals surface area contributed by atoms with Crippen LogP contribution in [0.1, 0.15) is 63.0 Å². The summed E-state index contributed by atoms with van der Waals surface area (Å²) in [7, 11) is 0. The Kier molecular flexibility index (Phi) is 8.38. The first-order valence-electron chi connectivity index (χ1n) is 14.5. The number of thioether (sulfide) groups is 1. The number of carbonyl (C=O) groups is 2. The number of benzene rings is 2. The molecular weight excluding hydrogens is 587 g/mol. The van der Waals surface area contributed by atoms with Crippen molar-refractivity contribution in [1.29, 1.82) is 0 Å². The fourth-order valence-electron chi connectivity index (χ4n) is 6.24. The summed E-state index contributed by atoms with van der Waals surface area (Å²) in [5.41, 5.74) is 4.36. The second kappa shape index (κ2) is 12.2. The maximum absolute atomic E-state index is 13.7. The number of rotatable bonds is 8. The molecule has 0 bridgehead atoms. The van der Waals surface area contributed by atoms with Crippen LogP contribution >= 0.6 is 35.3 Å². The third-order valence-electron chi connectivity index (χ3n) is 8.13. The van der Waals surface area contributed by atoms with Crippen LogP contribution in [0.3, 0.4) is 0 Å². The SMILES string of the molecule is CCCCN1C(=O)C(=c2sc(=Cc3ccc4c(c3)C3CCCC3N4c3ccccc3)c(=O)n2CC(=O)OCC)SC1=S. The summed E-state index contributed by atoms with van der Waals surface area (Å²) < 4.78 is 7.92. The molecule has 1 aliphatic carbocycles. The van der Waals surface area contributed by atoms with Crippen molar-refractivity contribution in [3.8, 4) is 0 Å². The number of amides is 1. The van der Waals surface area contributed by atoms with E-state index in [-0.39, 0.29) is 24.6 Å². The minimum absolute atomic E-state index is 0.211. The number of hydrogen-bond donors (Lipinski definition) is 0. The smallest absolute Gasteiger partial charge is 0.326 e. The van der Waals surface area contributed by atoms with E-state index in [1.165, 1.54) is 51.0 Å². The number of fused-ring (bicyclic) bond motifs is 3. The topological polar surface area (TPSA) is 71.9 Å². The van der Waals surface area contributed by atoms with Gasteiger partial charge in [0, 0.05) is 29.9 Å². The summed E-state index contributed by atoms with van der Waals surface area (Å²) in [6, 6.07) is 17.4. The van der Waals surface area contributed by atoms with Crippen LogP contribution in [0.25, 0.3) is 11.0 Å². The second-order valence-corrected chi connectivity index (χ2v) is 13.4. The van der Waals surface area contributed by atoms with Gasteiger partial charge in [0.2, 0.25) is 0 Å². The van der Waals surface area contributed by atoms with Gasteiger partial charge in [-0.15, -0.1) is 11.3 Å². The van der Waals surface area contributed by atoms with Crippen molar-refractivity contribution < 1.29 is 14.3 Å². The van der Waals surface area contributed by atoms with Crippen molar-refractivity contribution >= 4 is 73.9 Å². The van der Waals surface area contributed by atoms with E-state index in [9.17, 15) is 14.4 Å². The lowest BCUT2D eigenvalue weighted by Crippen LogP contribution is -2.36. The van der Waals surface area contributed by atoms with Crippen LogP contribution in [-0.2, 0) is 20.9 Å². The van der Waals surface area contributed by atoms with Gasteiger partial charge in [-0.1, -0.05) is 68.0 Å². The predicted octanol–water partition coefficient (Wildman–Crippen LogP) is 4.86. The Balaban J connectivity index is 1.44. The van der Waals surface area contributed by atoms with Crippen LogP contribution in [0.2, 0.25) is 0 Å². The number of aromatic nitrogens is 1. The highest BCUT2D eigenvalue weighted by Crippen LogP contribution is 2.52. The molecule has 1 saturated carbocycles. The average Bonchev–Trinajstić information content (AvgIpc) is 3.72. The Hall–Kier alpha value is -3.21. The van der Waals surface area contributed by atoms with E-state index in [1.54, 1.807) is 11.8 Å². The molecule has 2 atom stereocenters. The molecule has 2 unspecified atom stereocenters. The van der Waals surface area contributed by atoms with Gasteiger partial charge in [0.1, 0.15) is 20.4 Å². The molecule has 10 heteroatoms. The number of thiocarbonyl (C=S) groups is 1. The molecule has 3 aliphatic rings. The maximum Gasteiger partial charge on any atom is 0.326 e. The fraction of sp³-hybridized carbons (Fsp3) is 0.375. The number of unbranched alkanes of at least 4 members (excludes halogenated alkanes) is 1. The average molecular weight is 620 g/mol. The third kappa shape index (κ3) is 5.24. The van der Waals surface area contributed by atoms with E-state index in [4.69, 9.17) is 17.0 Å². The molecule has 42 heavy (non-hydrogen) atoms. The van der Waals surface area contributed by atoms with Crippen LogP contribution < -0.4 is 19.7 Å². The molecule has 0 radical (unpaired) electrons. The number of esters is 1. The summed E-state index contributed by atoms with van der Waals surface area (Å²) in [5.74, 6) is -0.279. The van der Waals surface area contributed by atoms with Crippen LogP contribution in [-0.4, -0.2) is 44.9 Å². The monoisotopic (exact) mass is 619 g/mol. The molecule has 1 saturated heterocycles. The fourth-order valence-corrected chi connectivity index (χ4v) is 8.81. The van der Waals surface area contributed by atoms with Crippen molar-refractivity contribution in [2.24, 2.45) is 0 Å². The standard InChI is InChI=1S/C32H33N3O4S3/c1-3-5-16-33-30(38)28(42-32(33)40)31-34(19-27(36)39-4-2)29(37)26(41-31)18-20-14-15-25-23(17-20)22-12-9-13-24(22)35(25)21-10-7-6-8-11-21/h6-8,10-11,14-15,17-18,22,24H,3-5,9,12-13,16,19H2,1-2H3. The molecule has 2 aromatic carbocycles. The zero-order chi connectivity index (χ0) is 29.4. The quantitative estimate of drug-likeness (QED) is 0.264. The lowest BCUT2D eigenvalue weighted by atomic mass is 9.96. The Morgan fingerprint density at radius 1 is 1.12 bits per heavy atom. The maximum atomic E-state index is 13.7. The second-order valence-electron chi connectivity index (χ2n) is 10.7. The van der Waals surface area contributed by atoms with Crippen molar-refractivity contribution in [3.63, 3.8) is 0 Å². The van der Waals surface area contributed by atoms with Crippen molar-refractivity contribution in [1.82, 2.24) is 9.47 Å². The van der Waals surface area contributed by atoms with E-state index < -0.39 is 5.97 Å². The highest BCUT2D eigenvalue weighted by molar-refractivity contribution is 8.30. The van der Waals surface area contributed by atoms with Crippen LogP contribution in [0, 0.1) is 0 Å². The Bertz CT molecular complexity index is 1730. The number of nitrogens with zero attached hydrogens (tertiary/aromatic N) is 3. The Labute approximate surface area is 258 Å². The molecule has 218 valence electrons. The minimum Gasteiger partial charge on any atom is -0.465 e. The zero-order valence-corrected chi connectivity index (χ0v) is 26.2. The number of hydrogen-bond acceptors (Lipinski definition) is 8. The highest BCUT2D eigenvalue weighted by Gasteiger charge is 2.42. The molecule has 2 aliphatic heterocycles. The lowest BCUT2D eigenvalue weighted by molar-refractivity contribution is -0.143. The molecule has 3 aromatic rings. The van der Waals surface area contributed by atoms with Gasteiger partial charge in [-0.3, -0.25) is 23.9 Å². The molecule has 0 N–H and O–H groups in total. The predicted molar refractivity (Wildman–Crippen MR) is 174 cm³/mol. The van der Waals surface area contributed by atoms with Gasteiger partial charge in [0.15, 0.2) is 0 Å². The summed E-state index contributed by atoms with van der Waals surface area (Å²) in [6.45, 7) is 4.28. The van der Waals surface area contributed by atoms with Gasteiger partial charge in [0.25, 0.3) is 11.5 Å². The van der Waals surface area contributed by atoms with E-state index in [0.29, 0.717) is 36.9 Å². The van der Waals surface area contributed by atoms with Gasteiger partial charge >= 0.3 is 5.97 Å². The summed E-state index contributed by atoms with van der Waals surface area (Å²) >= 11 is 7.94. The summed E-state index contributed by atoms with van der Waals surface area (Å²) in [5, 5.41) is 0. The van der Waals surface area contributed by atoms with E-state index in [0.717, 1.165) is 31.2 Å². The van der Waals surface area contributed by atoms with Gasteiger partial charge in [-0.05, 0) is 67.7 Å². The third-order valence-corrected chi connectivity index (χ3v) is 10.8. The zero-order valence-electron chi connectivity index (χ0n) is 23.7. The number of anilines is 2. The first kappa shape index (κ1) is 28.9. The minimum atomic E-state index is -0.516. The molecular formula is C32H33N3O4S3. The number of ether oxygens (including phenoxy) is 1. The van der Waals surface area contributed by atoms with Crippen LogP contribution in [0.5, 0.6) is 0 Å². The van der Waals surface area contributed by atoms with E-state index in [1.807, 2.05) is 12.1 Å². The molecule has 1 aromatic heterocycles. The first-order chi connectivity index (χ1) is 20.4. The molecule has 1 amide bonds. The van der Waals surface area contributed by atoms with E-state index >= 15 is 0 Å². The number of thiazole rings is 1. The van der Waals surface area contributed by atoms with Crippen molar-refractivity contribution in [2.45, 2.75) is 64.5 Å². The largest absolute Gasteiger partial charge is 0.465 e. The van der Waals surface area contributed by atoms with Crippen molar-refractivity contribution in [3.05, 3.63) is 79.2 Å².